The van der Waals surface area contributed by atoms with Gasteiger partial charge in [-0.05, 0) is 46.6 Å². The Kier molecular flexibility index (Phi) is 3.49. The monoisotopic (exact) mass is 291 g/mol. The topological polar surface area (TPSA) is 54.9 Å². The quantitative estimate of drug-likeness (QED) is 0.866. The standard InChI is InChI=1S/C12H10BrN3O/c1-8-5-9(7-14-6-8)12(17)16-10-3-2-4-15-11(10)13/h2-7H,1H3,(H,16,17). The van der Waals surface area contributed by atoms with E-state index >= 15 is 0 Å². The Bertz CT molecular complexity index is 557. The first-order valence-electron chi connectivity index (χ1n) is 5.00. The number of aromatic nitrogens is 2. The van der Waals surface area contributed by atoms with E-state index in [2.05, 4.69) is 31.2 Å². The lowest BCUT2D eigenvalue weighted by atomic mass is 10.2. The second-order valence-corrected chi connectivity index (χ2v) is 4.30. The molecule has 1 N–H and O–H groups in total. The third-order valence-electron chi connectivity index (χ3n) is 2.14. The summed E-state index contributed by atoms with van der Waals surface area (Å²) in [6, 6.07) is 5.32. The number of hydrogen-bond donors (Lipinski definition) is 1. The number of anilines is 1. The van der Waals surface area contributed by atoms with Crippen LogP contribution in [0, 0.1) is 6.92 Å². The summed E-state index contributed by atoms with van der Waals surface area (Å²) in [6.07, 6.45) is 4.89. The van der Waals surface area contributed by atoms with Crippen LogP contribution < -0.4 is 5.32 Å². The fourth-order valence-electron chi connectivity index (χ4n) is 1.35. The van der Waals surface area contributed by atoms with Crippen LogP contribution in [0.5, 0.6) is 0 Å². The first-order chi connectivity index (χ1) is 8.16. The van der Waals surface area contributed by atoms with Crippen molar-refractivity contribution in [3.8, 4) is 0 Å². The van der Waals surface area contributed by atoms with Crippen molar-refractivity contribution in [3.63, 3.8) is 0 Å². The Hall–Kier alpha value is -1.75. The molecule has 0 aliphatic heterocycles. The van der Waals surface area contributed by atoms with Gasteiger partial charge in [0.25, 0.3) is 5.91 Å². The van der Waals surface area contributed by atoms with Crippen LogP contribution in [0.2, 0.25) is 0 Å². The van der Waals surface area contributed by atoms with Crippen molar-refractivity contribution < 1.29 is 4.79 Å². The number of pyridine rings is 2. The van der Waals surface area contributed by atoms with Gasteiger partial charge in [-0.2, -0.15) is 0 Å². The summed E-state index contributed by atoms with van der Waals surface area (Å²) in [7, 11) is 0. The highest BCUT2D eigenvalue weighted by atomic mass is 79.9. The Morgan fingerprint density at radius 1 is 1.41 bits per heavy atom. The number of carbonyl (C=O) groups excluding carboxylic acids is 1. The lowest BCUT2D eigenvalue weighted by molar-refractivity contribution is 0.102. The fraction of sp³-hybridized carbons (Fsp3) is 0.0833. The molecule has 0 saturated carbocycles. The van der Waals surface area contributed by atoms with Gasteiger partial charge in [-0.15, -0.1) is 0 Å². The van der Waals surface area contributed by atoms with Crippen LogP contribution in [0.1, 0.15) is 15.9 Å². The number of nitrogens with zero attached hydrogens (tertiary/aromatic N) is 2. The third kappa shape index (κ3) is 2.88. The molecular formula is C12H10BrN3O. The molecule has 0 atom stereocenters. The largest absolute Gasteiger partial charge is 0.320 e. The molecule has 2 heterocycles. The minimum atomic E-state index is -0.199. The molecule has 17 heavy (non-hydrogen) atoms. The van der Waals surface area contributed by atoms with Crippen molar-refractivity contribution in [2.45, 2.75) is 6.92 Å². The van der Waals surface area contributed by atoms with Crippen LogP contribution in [0.15, 0.2) is 41.4 Å². The molecule has 0 unspecified atom stereocenters. The second-order valence-electron chi connectivity index (χ2n) is 3.55. The number of amides is 1. The molecule has 86 valence electrons. The van der Waals surface area contributed by atoms with Gasteiger partial charge in [0, 0.05) is 18.6 Å². The maximum absolute atomic E-state index is 11.9. The van der Waals surface area contributed by atoms with Gasteiger partial charge in [-0.25, -0.2) is 4.98 Å². The predicted molar refractivity (Wildman–Crippen MR) is 68.9 cm³/mol. The normalized spacial score (nSPS) is 10.0. The van der Waals surface area contributed by atoms with E-state index in [-0.39, 0.29) is 5.91 Å². The van der Waals surface area contributed by atoms with E-state index < -0.39 is 0 Å². The van der Waals surface area contributed by atoms with Gasteiger partial charge >= 0.3 is 0 Å². The maximum Gasteiger partial charge on any atom is 0.257 e. The van der Waals surface area contributed by atoms with E-state index in [1.165, 1.54) is 6.20 Å². The smallest absolute Gasteiger partial charge is 0.257 e. The molecule has 0 aromatic carbocycles. The van der Waals surface area contributed by atoms with Crippen LogP contribution >= 0.6 is 15.9 Å². The number of rotatable bonds is 2. The van der Waals surface area contributed by atoms with Gasteiger partial charge in [0.2, 0.25) is 0 Å². The van der Waals surface area contributed by atoms with Crippen LogP contribution in [0.3, 0.4) is 0 Å². The zero-order valence-corrected chi connectivity index (χ0v) is 10.7. The minimum absolute atomic E-state index is 0.199. The van der Waals surface area contributed by atoms with Crippen LogP contribution in [-0.2, 0) is 0 Å². The molecule has 0 aliphatic rings. The molecular weight excluding hydrogens is 282 g/mol. The van der Waals surface area contributed by atoms with Crippen molar-refractivity contribution in [3.05, 3.63) is 52.5 Å². The zero-order chi connectivity index (χ0) is 12.3. The van der Waals surface area contributed by atoms with Crippen molar-refractivity contribution in [2.24, 2.45) is 0 Å². The first-order valence-corrected chi connectivity index (χ1v) is 5.79. The Morgan fingerprint density at radius 2 is 2.24 bits per heavy atom. The molecule has 2 aromatic heterocycles. The summed E-state index contributed by atoms with van der Waals surface area (Å²) >= 11 is 3.27. The minimum Gasteiger partial charge on any atom is -0.320 e. The molecule has 0 bridgehead atoms. The number of nitrogens with one attached hydrogen (secondary N) is 1. The highest BCUT2D eigenvalue weighted by Crippen LogP contribution is 2.19. The van der Waals surface area contributed by atoms with Crippen LogP contribution in [0.4, 0.5) is 5.69 Å². The van der Waals surface area contributed by atoms with Gasteiger partial charge < -0.3 is 5.32 Å². The predicted octanol–water partition coefficient (Wildman–Crippen LogP) is 2.80. The van der Waals surface area contributed by atoms with E-state index in [4.69, 9.17) is 0 Å². The molecule has 0 aliphatic carbocycles. The van der Waals surface area contributed by atoms with E-state index in [0.29, 0.717) is 15.9 Å². The van der Waals surface area contributed by atoms with Gasteiger partial charge in [-0.3, -0.25) is 9.78 Å². The number of halogens is 1. The van der Waals surface area contributed by atoms with Gasteiger partial charge in [0.05, 0.1) is 11.3 Å². The van der Waals surface area contributed by atoms with Crippen molar-refractivity contribution >= 4 is 27.5 Å². The lowest BCUT2D eigenvalue weighted by Crippen LogP contribution is -2.13. The average Bonchev–Trinajstić information content (AvgIpc) is 2.32. The van der Waals surface area contributed by atoms with Crippen LogP contribution in [0.25, 0.3) is 0 Å². The summed E-state index contributed by atoms with van der Waals surface area (Å²) in [6.45, 7) is 1.89. The number of aryl methyl sites for hydroxylation is 1. The molecule has 5 heteroatoms. The lowest BCUT2D eigenvalue weighted by Gasteiger charge is -2.06. The summed E-state index contributed by atoms with van der Waals surface area (Å²) in [5.41, 5.74) is 2.11. The van der Waals surface area contributed by atoms with Gasteiger partial charge in [0.1, 0.15) is 4.60 Å². The Labute approximate surface area is 107 Å². The van der Waals surface area contributed by atoms with Crippen LogP contribution in [-0.4, -0.2) is 15.9 Å². The molecule has 0 radical (unpaired) electrons. The molecule has 0 fully saturated rings. The van der Waals surface area contributed by atoms with E-state index in [1.54, 1.807) is 30.6 Å². The molecule has 2 aromatic rings. The summed E-state index contributed by atoms with van der Waals surface area (Å²) in [5, 5.41) is 2.77. The van der Waals surface area contributed by atoms with E-state index in [9.17, 15) is 4.79 Å². The summed E-state index contributed by atoms with van der Waals surface area (Å²) in [5.74, 6) is -0.199. The van der Waals surface area contributed by atoms with Crippen molar-refractivity contribution in [1.29, 1.82) is 0 Å². The fourth-order valence-corrected chi connectivity index (χ4v) is 1.70. The molecule has 4 nitrogen and oxygen atoms in total. The SMILES string of the molecule is Cc1cncc(C(=O)Nc2cccnc2Br)c1. The number of hydrogen-bond acceptors (Lipinski definition) is 3. The summed E-state index contributed by atoms with van der Waals surface area (Å²) in [4.78, 5) is 19.9. The summed E-state index contributed by atoms with van der Waals surface area (Å²) < 4.78 is 0.606. The zero-order valence-electron chi connectivity index (χ0n) is 9.14. The Balaban J connectivity index is 2.20. The second kappa shape index (κ2) is 5.05. The van der Waals surface area contributed by atoms with Gasteiger partial charge in [-0.1, -0.05) is 0 Å². The highest BCUT2D eigenvalue weighted by Gasteiger charge is 2.08. The number of carbonyl (C=O) groups is 1. The molecule has 2 rings (SSSR count). The van der Waals surface area contributed by atoms with Crippen molar-refractivity contribution in [2.75, 3.05) is 5.32 Å². The van der Waals surface area contributed by atoms with E-state index in [1.807, 2.05) is 6.92 Å². The molecule has 1 amide bonds. The first kappa shape index (κ1) is 11.7. The molecule has 0 spiro atoms. The average molecular weight is 292 g/mol. The molecule has 0 saturated heterocycles. The maximum atomic E-state index is 11.9. The van der Waals surface area contributed by atoms with E-state index in [0.717, 1.165) is 5.56 Å². The van der Waals surface area contributed by atoms with Crippen molar-refractivity contribution in [1.82, 2.24) is 9.97 Å². The highest BCUT2D eigenvalue weighted by molar-refractivity contribution is 9.10. The van der Waals surface area contributed by atoms with Gasteiger partial charge in [0.15, 0.2) is 0 Å². The Morgan fingerprint density at radius 3 is 2.94 bits per heavy atom. The third-order valence-corrected chi connectivity index (χ3v) is 2.78.